The number of carbonyl (C=O) groups excluding carboxylic acids is 1. The van der Waals surface area contributed by atoms with Crippen LogP contribution in [0.2, 0.25) is 0 Å². The van der Waals surface area contributed by atoms with Gasteiger partial charge in [0.15, 0.2) is 0 Å². The van der Waals surface area contributed by atoms with Gasteiger partial charge >= 0.3 is 0 Å². The van der Waals surface area contributed by atoms with E-state index < -0.39 is 5.60 Å². The highest BCUT2D eigenvalue weighted by Crippen LogP contribution is 2.26. The molecule has 1 heterocycles. The number of nitrogens with zero attached hydrogens (tertiary/aromatic N) is 1. The van der Waals surface area contributed by atoms with Crippen molar-refractivity contribution in [2.24, 2.45) is 0 Å². The SMILES string of the molecule is Cc1ccc(C(=O)N2CC(CCl)OC(C)(C)C2)c(O)c1. The van der Waals surface area contributed by atoms with E-state index in [-0.39, 0.29) is 17.8 Å². The summed E-state index contributed by atoms with van der Waals surface area (Å²) in [5.41, 5.74) is 0.801. The third-order valence-corrected chi connectivity index (χ3v) is 3.67. The maximum Gasteiger partial charge on any atom is 0.257 e. The van der Waals surface area contributed by atoms with Crippen LogP contribution in [0.4, 0.5) is 0 Å². The quantitative estimate of drug-likeness (QED) is 0.854. The number of alkyl halides is 1. The number of rotatable bonds is 2. The second-order valence-electron chi connectivity index (χ2n) is 5.86. The van der Waals surface area contributed by atoms with Gasteiger partial charge in [-0.3, -0.25) is 4.79 Å². The number of amides is 1. The number of benzene rings is 1. The number of hydrogen-bond donors (Lipinski definition) is 1. The fourth-order valence-corrected chi connectivity index (χ4v) is 2.68. The summed E-state index contributed by atoms with van der Waals surface area (Å²) in [5, 5.41) is 9.94. The van der Waals surface area contributed by atoms with Crippen LogP contribution in [0.25, 0.3) is 0 Å². The van der Waals surface area contributed by atoms with Crippen LogP contribution < -0.4 is 0 Å². The van der Waals surface area contributed by atoms with Gasteiger partial charge in [-0.2, -0.15) is 0 Å². The van der Waals surface area contributed by atoms with Gasteiger partial charge in [0.2, 0.25) is 0 Å². The standard InChI is InChI=1S/C15H20ClNO3/c1-10-4-5-12(13(18)6-10)14(19)17-8-11(7-16)20-15(2,3)9-17/h4-6,11,18H,7-9H2,1-3H3. The zero-order valence-corrected chi connectivity index (χ0v) is 12.8. The lowest BCUT2D eigenvalue weighted by molar-refractivity contribution is -0.117. The first-order valence-corrected chi connectivity index (χ1v) is 7.18. The molecular formula is C15H20ClNO3. The minimum Gasteiger partial charge on any atom is -0.507 e. The van der Waals surface area contributed by atoms with Gasteiger partial charge in [0.25, 0.3) is 5.91 Å². The van der Waals surface area contributed by atoms with E-state index in [0.29, 0.717) is 24.5 Å². The Bertz CT molecular complexity index is 516. The van der Waals surface area contributed by atoms with Gasteiger partial charge < -0.3 is 14.7 Å². The number of morpholine rings is 1. The molecular weight excluding hydrogens is 278 g/mol. The average Bonchev–Trinajstić information content (AvgIpc) is 2.36. The summed E-state index contributed by atoms with van der Waals surface area (Å²) in [6, 6.07) is 5.07. The van der Waals surface area contributed by atoms with Crippen LogP contribution in [0.1, 0.15) is 29.8 Å². The molecule has 1 fully saturated rings. The smallest absolute Gasteiger partial charge is 0.257 e. The maximum atomic E-state index is 12.5. The highest BCUT2D eigenvalue weighted by atomic mass is 35.5. The van der Waals surface area contributed by atoms with Gasteiger partial charge in [0, 0.05) is 13.1 Å². The summed E-state index contributed by atoms with van der Waals surface area (Å²) in [6.07, 6.45) is -0.183. The Morgan fingerprint density at radius 3 is 2.85 bits per heavy atom. The van der Waals surface area contributed by atoms with Crippen LogP contribution in [-0.4, -0.2) is 46.6 Å². The van der Waals surface area contributed by atoms with E-state index in [1.54, 1.807) is 17.0 Å². The number of phenols is 1. The van der Waals surface area contributed by atoms with Crippen LogP contribution in [0.5, 0.6) is 5.75 Å². The largest absolute Gasteiger partial charge is 0.507 e. The zero-order valence-electron chi connectivity index (χ0n) is 12.0. The topological polar surface area (TPSA) is 49.8 Å². The van der Waals surface area contributed by atoms with E-state index in [0.717, 1.165) is 5.56 Å². The van der Waals surface area contributed by atoms with Crippen molar-refractivity contribution in [2.75, 3.05) is 19.0 Å². The number of aryl methyl sites for hydroxylation is 1. The number of halogens is 1. The van der Waals surface area contributed by atoms with Crippen LogP contribution in [0, 0.1) is 6.92 Å². The van der Waals surface area contributed by atoms with Crippen LogP contribution in [0.3, 0.4) is 0 Å². The predicted molar refractivity (Wildman–Crippen MR) is 78.4 cm³/mol. The summed E-state index contributed by atoms with van der Waals surface area (Å²) in [5.74, 6) is 0.170. The van der Waals surface area contributed by atoms with Crippen LogP contribution in [0.15, 0.2) is 18.2 Å². The predicted octanol–water partition coefficient (Wildman–Crippen LogP) is 2.56. The Morgan fingerprint density at radius 2 is 2.25 bits per heavy atom. The van der Waals surface area contributed by atoms with Gasteiger partial charge in [0.05, 0.1) is 23.1 Å². The summed E-state index contributed by atoms with van der Waals surface area (Å²) < 4.78 is 5.80. The molecule has 0 aliphatic carbocycles. The molecule has 1 aliphatic rings. The Labute approximate surface area is 124 Å². The Hall–Kier alpha value is -1.26. The number of aromatic hydroxyl groups is 1. The van der Waals surface area contributed by atoms with Crippen LogP contribution >= 0.6 is 11.6 Å². The molecule has 0 aromatic heterocycles. The number of ether oxygens (including phenoxy) is 1. The molecule has 0 bridgehead atoms. The summed E-state index contributed by atoms with van der Waals surface area (Å²) >= 11 is 5.86. The van der Waals surface area contributed by atoms with Crippen molar-refractivity contribution in [2.45, 2.75) is 32.5 Å². The van der Waals surface area contributed by atoms with Gasteiger partial charge in [-0.05, 0) is 38.5 Å². The molecule has 1 amide bonds. The Kier molecular flexibility index (Phi) is 4.25. The molecule has 1 aromatic rings. The molecule has 1 atom stereocenters. The molecule has 0 radical (unpaired) electrons. The fraction of sp³-hybridized carbons (Fsp3) is 0.533. The van der Waals surface area contributed by atoms with Crippen molar-refractivity contribution in [3.63, 3.8) is 0 Å². The first kappa shape index (κ1) is 15.1. The minimum atomic E-state index is -0.437. The highest BCUT2D eigenvalue weighted by Gasteiger charge is 2.36. The molecule has 4 nitrogen and oxygen atoms in total. The van der Waals surface area contributed by atoms with Crippen molar-refractivity contribution in [1.82, 2.24) is 4.90 Å². The van der Waals surface area contributed by atoms with Crippen molar-refractivity contribution in [3.8, 4) is 5.75 Å². The maximum absolute atomic E-state index is 12.5. The van der Waals surface area contributed by atoms with Gasteiger partial charge in [-0.15, -0.1) is 11.6 Å². The van der Waals surface area contributed by atoms with Crippen molar-refractivity contribution in [1.29, 1.82) is 0 Å². The van der Waals surface area contributed by atoms with Gasteiger partial charge in [-0.1, -0.05) is 6.07 Å². The zero-order chi connectivity index (χ0) is 14.9. The molecule has 2 rings (SSSR count). The van der Waals surface area contributed by atoms with Crippen molar-refractivity contribution >= 4 is 17.5 Å². The normalized spacial score (nSPS) is 21.8. The Balaban J connectivity index is 2.23. The lowest BCUT2D eigenvalue weighted by atomic mass is 10.0. The van der Waals surface area contributed by atoms with E-state index in [2.05, 4.69) is 0 Å². The molecule has 0 spiro atoms. The molecule has 1 aliphatic heterocycles. The first-order chi connectivity index (χ1) is 9.32. The van der Waals surface area contributed by atoms with E-state index in [4.69, 9.17) is 16.3 Å². The lowest BCUT2D eigenvalue weighted by Crippen LogP contribution is -2.55. The van der Waals surface area contributed by atoms with E-state index in [9.17, 15) is 9.90 Å². The highest BCUT2D eigenvalue weighted by molar-refractivity contribution is 6.18. The lowest BCUT2D eigenvalue weighted by Gasteiger charge is -2.42. The van der Waals surface area contributed by atoms with E-state index >= 15 is 0 Å². The number of hydrogen-bond acceptors (Lipinski definition) is 3. The second kappa shape index (κ2) is 5.62. The molecule has 5 heteroatoms. The molecule has 1 saturated heterocycles. The number of carbonyl (C=O) groups is 1. The summed E-state index contributed by atoms with van der Waals surface area (Å²) in [6.45, 7) is 6.66. The molecule has 0 saturated carbocycles. The minimum absolute atomic E-state index is 0.0155. The Morgan fingerprint density at radius 1 is 1.55 bits per heavy atom. The van der Waals surface area contributed by atoms with Gasteiger partial charge in [-0.25, -0.2) is 0 Å². The molecule has 1 unspecified atom stereocenters. The van der Waals surface area contributed by atoms with E-state index in [1.165, 1.54) is 0 Å². The summed E-state index contributed by atoms with van der Waals surface area (Å²) in [7, 11) is 0. The second-order valence-corrected chi connectivity index (χ2v) is 6.17. The third-order valence-electron chi connectivity index (χ3n) is 3.32. The fourth-order valence-electron chi connectivity index (χ4n) is 2.52. The first-order valence-electron chi connectivity index (χ1n) is 6.65. The summed E-state index contributed by atoms with van der Waals surface area (Å²) in [4.78, 5) is 14.2. The van der Waals surface area contributed by atoms with Crippen molar-refractivity contribution < 1.29 is 14.6 Å². The van der Waals surface area contributed by atoms with Gasteiger partial charge in [0.1, 0.15) is 5.75 Å². The van der Waals surface area contributed by atoms with Crippen LogP contribution in [-0.2, 0) is 4.74 Å². The third kappa shape index (κ3) is 3.25. The molecule has 1 aromatic carbocycles. The molecule has 110 valence electrons. The monoisotopic (exact) mass is 297 g/mol. The van der Waals surface area contributed by atoms with Crippen molar-refractivity contribution in [3.05, 3.63) is 29.3 Å². The van der Waals surface area contributed by atoms with E-state index in [1.807, 2.05) is 26.8 Å². The average molecular weight is 298 g/mol. The molecule has 1 N–H and O–H groups in total. The molecule has 20 heavy (non-hydrogen) atoms. The number of phenolic OH excluding ortho intramolecular Hbond substituents is 1.